The maximum Gasteiger partial charge on any atom is 0.189 e. The number of pyridine rings is 1. The van der Waals surface area contributed by atoms with Gasteiger partial charge in [-0.2, -0.15) is 5.10 Å². The second-order valence-electron chi connectivity index (χ2n) is 5.59. The highest BCUT2D eigenvalue weighted by Gasteiger charge is 2.21. The van der Waals surface area contributed by atoms with Gasteiger partial charge in [0.15, 0.2) is 5.11 Å². The van der Waals surface area contributed by atoms with E-state index in [9.17, 15) is 8.78 Å². The monoisotopic (exact) mass is 355 g/mol. The zero-order chi connectivity index (χ0) is 16.9. The Bertz CT molecular complexity index is 634. The number of fused-ring (bicyclic) bond motifs is 1. The summed E-state index contributed by atoms with van der Waals surface area (Å²) in [6.07, 6.45) is 1.72. The smallest absolute Gasteiger partial charge is 0.189 e. The molecule has 0 radical (unpaired) electrons. The van der Waals surface area contributed by atoms with Crippen LogP contribution in [-0.2, 0) is 0 Å². The highest BCUT2D eigenvalue weighted by Crippen LogP contribution is 2.23. The molecule has 2 aliphatic heterocycles. The molecule has 3 heterocycles. The Morgan fingerprint density at radius 2 is 2.17 bits per heavy atom. The first kappa shape index (κ1) is 17.0. The Balaban J connectivity index is 1.60. The number of hydrogen-bond acceptors (Lipinski definition) is 5. The van der Waals surface area contributed by atoms with Crippen molar-refractivity contribution in [2.45, 2.75) is 6.42 Å². The van der Waals surface area contributed by atoms with Crippen LogP contribution in [0, 0.1) is 5.82 Å². The van der Waals surface area contributed by atoms with Gasteiger partial charge in [-0.15, -0.1) is 0 Å². The molecule has 24 heavy (non-hydrogen) atoms. The van der Waals surface area contributed by atoms with Crippen molar-refractivity contribution in [2.24, 2.45) is 5.10 Å². The first-order chi connectivity index (χ1) is 11.7. The second-order valence-corrected chi connectivity index (χ2v) is 5.98. The van der Waals surface area contributed by atoms with Crippen molar-refractivity contribution in [1.82, 2.24) is 20.2 Å². The quantitative estimate of drug-likeness (QED) is 0.649. The normalized spacial score (nSPS) is 19.8. The van der Waals surface area contributed by atoms with Gasteiger partial charge in [0.1, 0.15) is 23.9 Å². The van der Waals surface area contributed by atoms with Gasteiger partial charge in [-0.3, -0.25) is 10.3 Å². The predicted octanol–water partition coefficient (Wildman–Crippen LogP) is 1.17. The van der Waals surface area contributed by atoms with Gasteiger partial charge in [-0.25, -0.2) is 13.8 Å². The van der Waals surface area contributed by atoms with E-state index in [0.717, 1.165) is 32.4 Å². The summed E-state index contributed by atoms with van der Waals surface area (Å²) in [5, 5.41) is 4.86. The van der Waals surface area contributed by atoms with E-state index in [1.54, 1.807) is 0 Å². The summed E-state index contributed by atoms with van der Waals surface area (Å²) < 4.78 is 31.0. The number of nitrogens with one attached hydrogen (secondary N) is 1. The Hall–Kier alpha value is -1.87. The van der Waals surface area contributed by atoms with E-state index in [0.29, 0.717) is 41.8 Å². The van der Waals surface area contributed by atoms with Gasteiger partial charge in [-0.1, -0.05) is 0 Å². The molecule has 3 rings (SSSR count). The highest BCUT2D eigenvalue weighted by molar-refractivity contribution is 7.80. The average molecular weight is 355 g/mol. The predicted molar refractivity (Wildman–Crippen MR) is 90.6 cm³/mol. The molecular weight excluding hydrogens is 336 g/mol. The lowest BCUT2D eigenvalue weighted by atomic mass is 10.1. The molecule has 0 atom stereocenters. The summed E-state index contributed by atoms with van der Waals surface area (Å²) in [6.45, 7) is 3.59. The summed E-state index contributed by atoms with van der Waals surface area (Å²) in [5.41, 5.74) is 4.11. The summed E-state index contributed by atoms with van der Waals surface area (Å²) >= 11 is 5.37. The van der Waals surface area contributed by atoms with Gasteiger partial charge in [0.25, 0.3) is 0 Å². The van der Waals surface area contributed by atoms with Gasteiger partial charge in [0, 0.05) is 45.2 Å². The number of hydrogen-bond donors (Lipinski definition) is 1. The molecule has 2 aliphatic rings. The molecule has 1 N–H and O–H groups in total. The minimum Gasteiger partial charge on any atom is -0.491 e. The van der Waals surface area contributed by atoms with Crippen LogP contribution in [-0.4, -0.2) is 71.6 Å². The van der Waals surface area contributed by atoms with Crippen LogP contribution in [0.2, 0.25) is 0 Å². The van der Waals surface area contributed by atoms with Crippen LogP contribution in [0.15, 0.2) is 17.4 Å². The Kier molecular flexibility index (Phi) is 5.52. The third-order valence-electron chi connectivity index (χ3n) is 4.04. The van der Waals surface area contributed by atoms with E-state index in [1.165, 1.54) is 6.07 Å². The third-order valence-corrected chi connectivity index (χ3v) is 4.39. The van der Waals surface area contributed by atoms with Crippen molar-refractivity contribution in [2.75, 3.05) is 46.0 Å². The molecule has 130 valence electrons. The first-order valence-corrected chi connectivity index (χ1v) is 8.26. The van der Waals surface area contributed by atoms with Crippen LogP contribution in [0.25, 0.3) is 0 Å². The molecule has 1 aromatic heterocycles. The fourth-order valence-corrected chi connectivity index (χ4v) is 2.94. The van der Waals surface area contributed by atoms with Gasteiger partial charge < -0.3 is 9.64 Å². The van der Waals surface area contributed by atoms with E-state index < -0.39 is 5.82 Å². The number of thiocarbonyl (C=S) groups is 1. The highest BCUT2D eigenvalue weighted by atomic mass is 32.1. The van der Waals surface area contributed by atoms with Crippen LogP contribution in [0.1, 0.15) is 12.1 Å². The molecule has 6 nitrogen and oxygen atoms in total. The molecule has 0 unspecified atom stereocenters. The van der Waals surface area contributed by atoms with Crippen LogP contribution < -0.4 is 10.2 Å². The van der Waals surface area contributed by atoms with E-state index in [1.807, 2.05) is 4.90 Å². The standard InChI is InChI=1S/C15H19F2N5OS/c16-2-3-21-4-6-22(7-5-21)15(24)20-19-12-1-8-23-13-9-11(17)10-18-14(12)13/h9-10H,1-8H2,(H,20,24)/b19-12-. The fraction of sp³-hybridized carbons (Fsp3) is 0.533. The van der Waals surface area contributed by atoms with Gasteiger partial charge in [-0.05, 0) is 12.2 Å². The Morgan fingerprint density at radius 1 is 1.38 bits per heavy atom. The molecule has 1 fully saturated rings. The Labute approximate surface area is 144 Å². The molecule has 1 aromatic rings. The molecule has 0 aromatic carbocycles. The van der Waals surface area contributed by atoms with E-state index in [2.05, 4.69) is 20.4 Å². The molecule has 0 spiro atoms. The summed E-state index contributed by atoms with van der Waals surface area (Å²) in [7, 11) is 0. The van der Waals surface area contributed by atoms with Crippen molar-refractivity contribution >= 4 is 23.0 Å². The van der Waals surface area contributed by atoms with Crippen LogP contribution >= 0.6 is 12.2 Å². The van der Waals surface area contributed by atoms with Gasteiger partial charge in [0.05, 0.1) is 18.5 Å². The largest absolute Gasteiger partial charge is 0.491 e. The Morgan fingerprint density at radius 3 is 2.92 bits per heavy atom. The zero-order valence-electron chi connectivity index (χ0n) is 13.2. The van der Waals surface area contributed by atoms with Crippen molar-refractivity contribution in [3.05, 3.63) is 23.8 Å². The minimum atomic E-state index is -0.440. The molecule has 1 saturated heterocycles. The molecule has 0 amide bonds. The second kappa shape index (κ2) is 7.80. The number of nitrogens with zero attached hydrogens (tertiary/aromatic N) is 4. The molecule has 0 aliphatic carbocycles. The SMILES string of the molecule is FCCN1CCN(C(=S)N/N=C2/CCOc3cc(F)cnc32)CC1. The average Bonchev–Trinajstić information content (AvgIpc) is 2.60. The number of hydrazone groups is 1. The molecule has 9 heteroatoms. The summed E-state index contributed by atoms with van der Waals surface area (Å²) in [6, 6.07) is 1.30. The number of aromatic nitrogens is 1. The number of halogens is 2. The number of alkyl halides is 1. The van der Waals surface area contributed by atoms with Crippen molar-refractivity contribution in [1.29, 1.82) is 0 Å². The third kappa shape index (κ3) is 3.96. The maximum absolute atomic E-state index is 13.2. The first-order valence-electron chi connectivity index (χ1n) is 7.86. The lowest BCUT2D eigenvalue weighted by molar-refractivity contribution is 0.170. The minimum absolute atomic E-state index is 0.328. The van der Waals surface area contributed by atoms with Crippen LogP contribution in [0.5, 0.6) is 5.75 Å². The summed E-state index contributed by atoms with van der Waals surface area (Å²) in [4.78, 5) is 8.13. The molecular formula is C15H19F2N5OS. The summed E-state index contributed by atoms with van der Waals surface area (Å²) in [5.74, 6) is -0.0443. The number of rotatable bonds is 3. The van der Waals surface area contributed by atoms with Gasteiger partial charge >= 0.3 is 0 Å². The fourth-order valence-electron chi connectivity index (χ4n) is 2.71. The molecule has 0 saturated carbocycles. The lowest BCUT2D eigenvalue weighted by Crippen LogP contribution is -2.51. The van der Waals surface area contributed by atoms with Crippen molar-refractivity contribution in [3.63, 3.8) is 0 Å². The zero-order valence-corrected chi connectivity index (χ0v) is 14.0. The van der Waals surface area contributed by atoms with E-state index in [-0.39, 0.29) is 6.67 Å². The number of piperazine rings is 1. The maximum atomic E-state index is 13.2. The van der Waals surface area contributed by atoms with Crippen molar-refractivity contribution < 1.29 is 13.5 Å². The lowest BCUT2D eigenvalue weighted by Gasteiger charge is -2.35. The van der Waals surface area contributed by atoms with Crippen LogP contribution in [0.4, 0.5) is 8.78 Å². The van der Waals surface area contributed by atoms with Gasteiger partial charge in [0.2, 0.25) is 0 Å². The van der Waals surface area contributed by atoms with Crippen molar-refractivity contribution in [3.8, 4) is 5.75 Å². The van der Waals surface area contributed by atoms with Crippen LogP contribution in [0.3, 0.4) is 0 Å². The number of ether oxygens (including phenoxy) is 1. The van der Waals surface area contributed by atoms with E-state index >= 15 is 0 Å². The van der Waals surface area contributed by atoms with E-state index in [4.69, 9.17) is 17.0 Å². The molecule has 0 bridgehead atoms. The topological polar surface area (TPSA) is 53.0 Å².